The summed E-state index contributed by atoms with van der Waals surface area (Å²) in [6.45, 7) is 3.38. The van der Waals surface area contributed by atoms with Crippen LogP contribution in [0.2, 0.25) is 5.02 Å². The van der Waals surface area contributed by atoms with Crippen LogP contribution in [-0.4, -0.2) is 37.6 Å². The fraction of sp³-hybridized carbons (Fsp3) is 0.429. The summed E-state index contributed by atoms with van der Waals surface area (Å²) in [5.74, 6) is -0.307. The quantitative estimate of drug-likeness (QED) is 0.789. The first-order valence-corrected chi connectivity index (χ1v) is 7.10. The minimum Gasteiger partial charge on any atom is -0.378 e. The molecule has 0 radical (unpaired) electrons. The molecule has 1 fully saturated rings. The second-order valence-corrected chi connectivity index (χ2v) is 5.26. The Morgan fingerprint density at radius 1 is 1.43 bits per heavy atom. The fourth-order valence-corrected chi connectivity index (χ4v) is 2.30. The van der Waals surface area contributed by atoms with E-state index in [0.717, 1.165) is 6.54 Å². The highest BCUT2D eigenvalue weighted by Gasteiger charge is 2.17. The van der Waals surface area contributed by atoms with E-state index in [1.165, 1.54) is 6.92 Å². The minimum absolute atomic E-state index is 0.0242. The Morgan fingerprint density at radius 3 is 2.86 bits per heavy atom. The number of nitrogens with one attached hydrogen (secondary N) is 3. The van der Waals surface area contributed by atoms with Gasteiger partial charge in [0.25, 0.3) is 0 Å². The van der Waals surface area contributed by atoms with Gasteiger partial charge in [-0.05, 0) is 18.2 Å². The zero-order valence-electron chi connectivity index (χ0n) is 11.7. The molecule has 1 atom stereocenters. The van der Waals surface area contributed by atoms with Crippen LogP contribution in [0, 0.1) is 0 Å². The molecule has 21 heavy (non-hydrogen) atoms. The van der Waals surface area contributed by atoms with Crippen LogP contribution in [0.3, 0.4) is 0 Å². The molecular formula is C14H18ClN3O3. The smallest absolute Gasteiger partial charge is 0.226 e. The van der Waals surface area contributed by atoms with E-state index in [1.54, 1.807) is 18.2 Å². The van der Waals surface area contributed by atoms with Crippen LogP contribution < -0.4 is 16.0 Å². The van der Waals surface area contributed by atoms with E-state index in [-0.39, 0.29) is 17.9 Å². The first-order chi connectivity index (χ1) is 10.0. The summed E-state index contributed by atoms with van der Waals surface area (Å²) < 4.78 is 5.30. The molecule has 1 unspecified atom stereocenters. The number of hydrogen-bond donors (Lipinski definition) is 3. The lowest BCUT2D eigenvalue weighted by Crippen LogP contribution is -2.43. The van der Waals surface area contributed by atoms with Gasteiger partial charge in [0, 0.05) is 31.6 Å². The Balaban J connectivity index is 1.92. The molecule has 1 heterocycles. The first-order valence-electron chi connectivity index (χ1n) is 6.72. The molecule has 1 aliphatic rings. The number of halogens is 1. The van der Waals surface area contributed by atoms with E-state index in [2.05, 4.69) is 16.0 Å². The topological polar surface area (TPSA) is 79.5 Å². The maximum absolute atomic E-state index is 12.0. The number of amides is 2. The second-order valence-electron chi connectivity index (χ2n) is 4.85. The summed E-state index contributed by atoms with van der Waals surface area (Å²) in [5, 5.41) is 8.98. The number of anilines is 2. The number of ether oxygens (including phenoxy) is 1. The van der Waals surface area contributed by atoms with Gasteiger partial charge in [-0.3, -0.25) is 9.59 Å². The fourth-order valence-electron chi connectivity index (χ4n) is 2.07. The highest BCUT2D eigenvalue weighted by atomic mass is 35.5. The van der Waals surface area contributed by atoms with Crippen LogP contribution in [-0.2, 0) is 14.3 Å². The molecule has 0 spiro atoms. The second kappa shape index (κ2) is 7.40. The Morgan fingerprint density at radius 2 is 2.24 bits per heavy atom. The van der Waals surface area contributed by atoms with Crippen molar-refractivity contribution in [3.05, 3.63) is 23.2 Å². The standard InChI is InChI=1S/C14H18ClN3O3/c1-9(19)17-10-2-3-13(12(15)6-10)18-14(20)7-11-8-21-5-4-16-11/h2-3,6,11,16H,4-5,7-8H2,1H3,(H,17,19)(H,18,20). The molecule has 0 bridgehead atoms. The lowest BCUT2D eigenvalue weighted by Gasteiger charge is -2.23. The van der Waals surface area contributed by atoms with Crippen molar-refractivity contribution in [3.8, 4) is 0 Å². The van der Waals surface area contributed by atoms with Gasteiger partial charge in [-0.15, -0.1) is 0 Å². The summed E-state index contributed by atoms with van der Waals surface area (Å²) in [4.78, 5) is 22.9. The van der Waals surface area contributed by atoms with Gasteiger partial charge in [0.15, 0.2) is 0 Å². The van der Waals surface area contributed by atoms with Gasteiger partial charge in [-0.2, -0.15) is 0 Å². The Hall–Kier alpha value is -1.63. The van der Waals surface area contributed by atoms with Gasteiger partial charge in [-0.25, -0.2) is 0 Å². The molecule has 1 aliphatic heterocycles. The number of rotatable bonds is 4. The van der Waals surface area contributed by atoms with Crippen molar-refractivity contribution in [2.45, 2.75) is 19.4 Å². The Bertz CT molecular complexity index is 530. The lowest BCUT2D eigenvalue weighted by atomic mass is 10.2. The SMILES string of the molecule is CC(=O)Nc1ccc(NC(=O)CC2COCCN2)c(Cl)c1. The van der Waals surface area contributed by atoms with Crippen LogP contribution >= 0.6 is 11.6 Å². The molecule has 114 valence electrons. The van der Waals surface area contributed by atoms with Gasteiger partial charge in [0.05, 0.1) is 23.9 Å². The van der Waals surface area contributed by atoms with Crippen molar-refractivity contribution in [1.82, 2.24) is 5.32 Å². The minimum atomic E-state index is -0.175. The summed E-state index contributed by atoms with van der Waals surface area (Å²) in [5.41, 5.74) is 1.11. The van der Waals surface area contributed by atoms with Gasteiger partial charge < -0.3 is 20.7 Å². The third-order valence-corrected chi connectivity index (χ3v) is 3.31. The molecule has 3 N–H and O–H groups in total. The molecule has 2 rings (SSSR count). The van der Waals surface area contributed by atoms with E-state index in [9.17, 15) is 9.59 Å². The molecule has 7 heteroatoms. The molecule has 1 aromatic carbocycles. The van der Waals surface area contributed by atoms with E-state index in [4.69, 9.17) is 16.3 Å². The number of morpholine rings is 1. The maximum atomic E-state index is 12.0. The maximum Gasteiger partial charge on any atom is 0.226 e. The van der Waals surface area contributed by atoms with Gasteiger partial charge >= 0.3 is 0 Å². The average molecular weight is 312 g/mol. The molecule has 1 aromatic rings. The van der Waals surface area contributed by atoms with E-state index >= 15 is 0 Å². The molecular weight excluding hydrogens is 294 g/mol. The zero-order chi connectivity index (χ0) is 15.2. The highest BCUT2D eigenvalue weighted by Crippen LogP contribution is 2.25. The number of carbonyl (C=O) groups is 2. The summed E-state index contributed by atoms with van der Waals surface area (Å²) >= 11 is 6.09. The zero-order valence-corrected chi connectivity index (χ0v) is 12.5. The summed E-state index contributed by atoms with van der Waals surface area (Å²) in [7, 11) is 0. The van der Waals surface area contributed by atoms with Crippen molar-refractivity contribution in [2.24, 2.45) is 0 Å². The first kappa shape index (κ1) is 15.8. The average Bonchev–Trinajstić information content (AvgIpc) is 2.42. The Kier molecular flexibility index (Phi) is 5.55. The molecule has 0 aromatic heterocycles. The van der Waals surface area contributed by atoms with Gasteiger partial charge in [-0.1, -0.05) is 11.6 Å². The summed E-state index contributed by atoms with van der Waals surface area (Å²) in [6.07, 6.45) is 0.323. The Labute approximate surface area is 128 Å². The van der Waals surface area contributed by atoms with Crippen molar-refractivity contribution < 1.29 is 14.3 Å². The molecule has 1 saturated heterocycles. The van der Waals surface area contributed by atoms with Crippen LogP contribution in [0.4, 0.5) is 11.4 Å². The predicted molar refractivity (Wildman–Crippen MR) is 81.6 cm³/mol. The monoisotopic (exact) mass is 311 g/mol. The third kappa shape index (κ3) is 5.00. The molecule has 2 amide bonds. The molecule has 6 nitrogen and oxygen atoms in total. The third-order valence-electron chi connectivity index (χ3n) is 2.99. The summed E-state index contributed by atoms with van der Waals surface area (Å²) in [6, 6.07) is 4.97. The number of hydrogen-bond acceptors (Lipinski definition) is 4. The number of carbonyl (C=O) groups excluding carboxylic acids is 2. The van der Waals surface area contributed by atoms with Gasteiger partial charge in [0.1, 0.15) is 0 Å². The molecule has 0 saturated carbocycles. The van der Waals surface area contributed by atoms with Crippen molar-refractivity contribution in [2.75, 3.05) is 30.4 Å². The van der Waals surface area contributed by atoms with Crippen LogP contribution in [0.25, 0.3) is 0 Å². The van der Waals surface area contributed by atoms with Crippen LogP contribution in [0.1, 0.15) is 13.3 Å². The normalized spacial score (nSPS) is 18.1. The van der Waals surface area contributed by atoms with E-state index < -0.39 is 0 Å². The van der Waals surface area contributed by atoms with E-state index in [0.29, 0.717) is 36.0 Å². The highest BCUT2D eigenvalue weighted by molar-refractivity contribution is 6.34. The predicted octanol–water partition coefficient (Wildman–Crippen LogP) is 1.62. The van der Waals surface area contributed by atoms with Gasteiger partial charge in [0.2, 0.25) is 11.8 Å². The largest absolute Gasteiger partial charge is 0.378 e. The lowest BCUT2D eigenvalue weighted by molar-refractivity contribution is -0.117. The van der Waals surface area contributed by atoms with Crippen molar-refractivity contribution in [1.29, 1.82) is 0 Å². The number of benzene rings is 1. The van der Waals surface area contributed by atoms with Crippen LogP contribution in [0.5, 0.6) is 0 Å². The molecule has 0 aliphatic carbocycles. The van der Waals surface area contributed by atoms with Crippen molar-refractivity contribution in [3.63, 3.8) is 0 Å². The van der Waals surface area contributed by atoms with E-state index in [1.807, 2.05) is 0 Å². The van der Waals surface area contributed by atoms with Crippen LogP contribution in [0.15, 0.2) is 18.2 Å². The van der Waals surface area contributed by atoms with Crippen molar-refractivity contribution >= 4 is 34.8 Å².